The molecule has 2 aromatic heterocycles. The van der Waals surface area contributed by atoms with Gasteiger partial charge >= 0.3 is 0 Å². The molecule has 1 unspecified atom stereocenters. The van der Waals surface area contributed by atoms with Crippen LogP contribution in [0.25, 0.3) is 0 Å². The summed E-state index contributed by atoms with van der Waals surface area (Å²) in [5.41, 5.74) is 0. The smallest absolute Gasteiger partial charge is 0.138 e. The van der Waals surface area contributed by atoms with Crippen molar-refractivity contribution in [3.63, 3.8) is 0 Å². The monoisotopic (exact) mass is 298 g/mol. The first kappa shape index (κ1) is 14.5. The maximum atomic E-state index is 6.03. The Hall–Kier alpha value is -0.910. The first-order valence-electron chi connectivity index (χ1n) is 6.48. The van der Waals surface area contributed by atoms with Gasteiger partial charge in [0.05, 0.1) is 4.34 Å². The fourth-order valence-electron chi connectivity index (χ4n) is 2.07. The van der Waals surface area contributed by atoms with E-state index >= 15 is 0 Å². The molecule has 6 heteroatoms. The van der Waals surface area contributed by atoms with E-state index in [0.29, 0.717) is 6.04 Å². The van der Waals surface area contributed by atoms with E-state index in [1.165, 1.54) is 4.88 Å². The third-order valence-electron chi connectivity index (χ3n) is 2.91. The van der Waals surface area contributed by atoms with Crippen LogP contribution in [0.15, 0.2) is 18.5 Å². The normalized spacial score (nSPS) is 13.1. The van der Waals surface area contributed by atoms with Crippen molar-refractivity contribution in [2.45, 2.75) is 39.3 Å². The molecule has 0 spiro atoms. The quantitative estimate of drug-likeness (QED) is 0.888. The number of nitrogens with zero attached hydrogens (tertiary/aromatic N) is 3. The van der Waals surface area contributed by atoms with Crippen molar-refractivity contribution in [3.05, 3.63) is 33.5 Å². The van der Waals surface area contributed by atoms with Crippen LogP contribution < -0.4 is 5.32 Å². The molecule has 19 heavy (non-hydrogen) atoms. The molecule has 2 rings (SSSR count). The van der Waals surface area contributed by atoms with Crippen LogP contribution in [0.3, 0.4) is 0 Å². The lowest BCUT2D eigenvalue weighted by Gasteiger charge is -2.17. The Balaban J connectivity index is 2.19. The summed E-state index contributed by atoms with van der Waals surface area (Å²) in [6.45, 7) is 7.25. The molecule has 104 valence electrons. The first-order chi connectivity index (χ1) is 9.11. The molecule has 0 bridgehead atoms. The Morgan fingerprint density at radius 3 is 2.79 bits per heavy atom. The number of aromatic nitrogens is 3. The third-order valence-corrected chi connectivity index (χ3v) is 4.26. The van der Waals surface area contributed by atoms with Gasteiger partial charge in [-0.2, -0.15) is 5.10 Å². The lowest BCUT2D eigenvalue weighted by molar-refractivity contribution is 0.471. The molecule has 0 aliphatic heterocycles. The Bertz CT molecular complexity index is 520. The number of rotatable bonds is 6. The highest BCUT2D eigenvalue weighted by molar-refractivity contribution is 7.16. The minimum atomic E-state index is 0.240. The summed E-state index contributed by atoms with van der Waals surface area (Å²) in [7, 11) is 0. The van der Waals surface area contributed by atoms with Crippen molar-refractivity contribution >= 4 is 22.9 Å². The summed E-state index contributed by atoms with van der Waals surface area (Å²) in [5.74, 6) is 1.01. The number of hydrogen-bond donors (Lipinski definition) is 1. The summed E-state index contributed by atoms with van der Waals surface area (Å²) in [5, 5.41) is 7.77. The Labute approximate surface area is 122 Å². The van der Waals surface area contributed by atoms with E-state index in [4.69, 9.17) is 11.6 Å². The van der Waals surface area contributed by atoms with Gasteiger partial charge in [-0.25, -0.2) is 9.67 Å². The van der Waals surface area contributed by atoms with E-state index in [9.17, 15) is 0 Å². The highest BCUT2D eigenvalue weighted by Gasteiger charge is 2.17. The molecule has 0 amide bonds. The van der Waals surface area contributed by atoms with Crippen LogP contribution >= 0.6 is 22.9 Å². The van der Waals surface area contributed by atoms with Crippen LogP contribution in [0.1, 0.15) is 43.6 Å². The van der Waals surface area contributed by atoms with E-state index in [1.54, 1.807) is 17.7 Å². The van der Waals surface area contributed by atoms with Crippen LogP contribution in [0, 0.1) is 0 Å². The largest absolute Gasteiger partial charge is 0.309 e. The van der Waals surface area contributed by atoms with E-state index in [1.807, 2.05) is 10.7 Å². The van der Waals surface area contributed by atoms with Gasteiger partial charge in [0.15, 0.2) is 0 Å². The van der Waals surface area contributed by atoms with Crippen LogP contribution in [0.4, 0.5) is 0 Å². The van der Waals surface area contributed by atoms with E-state index < -0.39 is 0 Å². The number of thiophene rings is 1. The number of halogens is 1. The number of nitrogens with one attached hydrogen (secondary N) is 1. The molecule has 2 heterocycles. The zero-order chi connectivity index (χ0) is 13.8. The van der Waals surface area contributed by atoms with Crippen LogP contribution in [-0.2, 0) is 6.42 Å². The van der Waals surface area contributed by atoms with Crippen LogP contribution in [0.2, 0.25) is 4.34 Å². The highest BCUT2D eigenvalue weighted by Crippen LogP contribution is 2.28. The molecule has 1 N–H and O–H groups in total. The second-order valence-electron chi connectivity index (χ2n) is 4.67. The molecule has 0 saturated heterocycles. The second kappa shape index (κ2) is 6.50. The fourth-order valence-corrected chi connectivity index (χ4v) is 3.21. The van der Waals surface area contributed by atoms with E-state index in [0.717, 1.165) is 23.1 Å². The average Bonchev–Trinajstić information content (AvgIpc) is 2.97. The molecule has 0 fully saturated rings. The zero-order valence-electron chi connectivity index (χ0n) is 11.4. The first-order valence-corrected chi connectivity index (χ1v) is 7.68. The van der Waals surface area contributed by atoms with Crippen molar-refractivity contribution < 1.29 is 0 Å². The van der Waals surface area contributed by atoms with E-state index in [-0.39, 0.29) is 6.04 Å². The molecule has 1 atom stereocenters. The molecule has 0 aromatic carbocycles. The standard InChI is InChI=1S/C13H19ClN4S/c1-4-15-10(11-5-6-12(14)19-11)7-13-16-8-17-18(13)9(2)3/h5-6,8-10,15H,4,7H2,1-3H3. The Kier molecular flexibility index (Phi) is 4.96. The van der Waals surface area contributed by atoms with Crippen LogP contribution in [-0.4, -0.2) is 21.3 Å². The van der Waals surface area contributed by atoms with Gasteiger partial charge in [-0.1, -0.05) is 18.5 Å². The SMILES string of the molecule is CCNC(Cc1ncnn1C(C)C)c1ccc(Cl)s1. The van der Waals surface area contributed by atoms with Crippen molar-refractivity contribution in [1.82, 2.24) is 20.1 Å². The lowest BCUT2D eigenvalue weighted by atomic mass is 10.1. The summed E-state index contributed by atoms with van der Waals surface area (Å²) < 4.78 is 2.79. The molecule has 0 saturated carbocycles. The van der Waals surface area contributed by atoms with Gasteiger partial charge in [0.2, 0.25) is 0 Å². The summed E-state index contributed by atoms with van der Waals surface area (Å²) in [4.78, 5) is 5.62. The summed E-state index contributed by atoms with van der Waals surface area (Å²) in [6.07, 6.45) is 2.45. The van der Waals surface area contributed by atoms with Gasteiger partial charge in [-0.3, -0.25) is 0 Å². The molecule has 0 radical (unpaired) electrons. The molecule has 2 aromatic rings. The fraction of sp³-hybridized carbons (Fsp3) is 0.538. The number of likely N-dealkylation sites (N-methyl/N-ethyl adjacent to an activating group) is 1. The predicted molar refractivity (Wildman–Crippen MR) is 79.9 cm³/mol. The van der Waals surface area contributed by atoms with Gasteiger partial charge in [-0.15, -0.1) is 11.3 Å². The lowest BCUT2D eigenvalue weighted by Crippen LogP contribution is -2.24. The topological polar surface area (TPSA) is 42.7 Å². The Morgan fingerprint density at radius 1 is 1.42 bits per heavy atom. The van der Waals surface area contributed by atoms with E-state index in [2.05, 4.69) is 42.2 Å². The molecular weight excluding hydrogens is 280 g/mol. The molecule has 0 aliphatic rings. The summed E-state index contributed by atoms with van der Waals surface area (Å²) in [6, 6.07) is 4.59. The summed E-state index contributed by atoms with van der Waals surface area (Å²) >= 11 is 7.64. The van der Waals surface area contributed by atoms with Crippen molar-refractivity contribution in [3.8, 4) is 0 Å². The third kappa shape index (κ3) is 3.55. The maximum Gasteiger partial charge on any atom is 0.138 e. The van der Waals surface area contributed by atoms with Crippen molar-refractivity contribution in [2.24, 2.45) is 0 Å². The molecule has 0 aliphatic carbocycles. The average molecular weight is 299 g/mol. The minimum Gasteiger partial charge on any atom is -0.309 e. The van der Waals surface area contributed by atoms with Gasteiger partial charge in [0.25, 0.3) is 0 Å². The minimum absolute atomic E-state index is 0.240. The van der Waals surface area contributed by atoms with Gasteiger partial charge in [0.1, 0.15) is 12.2 Å². The van der Waals surface area contributed by atoms with Crippen molar-refractivity contribution in [1.29, 1.82) is 0 Å². The van der Waals surface area contributed by atoms with Gasteiger partial charge < -0.3 is 5.32 Å². The number of hydrogen-bond acceptors (Lipinski definition) is 4. The molecule has 4 nitrogen and oxygen atoms in total. The zero-order valence-corrected chi connectivity index (χ0v) is 13.0. The molecular formula is C13H19ClN4S. The van der Waals surface area contributed by atoms with Gasteiger partial charge in [0, 0.05) is 23.4 Å². The van der Waals surface area contributed by atoms with Gasteiger partial charge in [-0.05, 0) is 32.5 Å². The second-order valence-corrected chi connectivity index (χ2v) is 6.42. The highest BCUT2D eigenvalue weighted by atomic mass is 35.5. The van der Waals surface area contributed by atoms with Crippen LogP contribution in [0.5, 0.6) is 0 Å². The maximum absolute atomic E-state index is 6.03. The predicted octanol–water partition coefficient (Wildman–Crippen LogP) is 3.47. The Morgan fingerprint density at radius 2 is 2.21 bits per heavy atom. The van der Waals surface area contributed by atoms with Crippen molar-refractivity contribution in [2.75, 3.05) is 6.54 Å².